The monoisotopic (exact) mass is 338 g/mol. The first-order valence-electron chi connectivity index (χ1n) is 8.60. The van der Waals surface area contributed by atoms with Gasteiger partial charge in [-0.2, -0.15) is 0 Å². The average Bonchev–Trinajstić information content (AvgIpc) is 3.08. The molecule has 0 spiro atoms. The summed E-state index contributed by atoms with van der Waals surface area (Å²) in [6.07, 6.45) is 6.57. The summed E-state index contributed by atoms with van der Waals surface area (Å²) in [6.45, 7) is 4.46. The fourth-order valence-corrected chi connectivity index (χ4v) is 5.93. The first-order chi connectivity index (χ1) is 11.3. The zero-order valence-electron chi connectivity index (χ0n) is 13.8. The Morgan fingerprint density at radius 1 is 0.783 bits per heavy atom. The summed E-state index contributed by atoms with van der Waals surface area (Å²) in [5, 5.41) is 2.91. The van der Waals surface area contributed by atoms with Crippen LogP contribution in [0.3, 0.4) is 0 Å². The highest BCUT2D eigenvalue weighted by Gasteiger charge is 2.12. The molecule has 0 bridgehead atoms. The van der Waals surface area contributed by atoms with Crippen LogP contribution in [0.1, 0.15) is 43.7 Å². The summed E-state index contributed by atoms with van der Waals surface area (Å²) in [6, 6.07) is 14.0. The van der Waals surface area contributed by atoms with Crippen LogP contribution in [0.4, 0.5) is 0 Å². The van der Waals surface area contributed by atoms with Gasteiger partial charge in [0.2, 0.25) is 0 Å². The first-order valence-corrected chi connectivity index (χ1v) is 10.2. The van der Waals surface area contributed by atoms with Crippen molar-refractivity contribution in [2.75, 3.05) is 0 Å². The zero-order valence-corrected chi connectivity index (χ0v) is 15.4. The van der Waals surface area contributed by atoms with Crippen molar-refractivity contribution in [3.8, 4) is 0 Å². The van der Waals surface area contributed by atoms with Gasteiger partial charge < -0.3 is 0 Å². The highest BCUT2D eigenvalue weighted by atomic mass is 32.1. The Morgan fingerprint density at radius 3 is 2.22 bits per heavy atom. The molecule has 0 saturated heterocycles. The number of rotatable bonds is 5. The largest absolute Gasteiger partial charge is 0.134 e. The highest BCUT2D eigenvalue weighted by molar-refractivity contribution is 7.36. The first kappa shape index (κ1) is 15.2. The van der Waals surface area contributed by atoms with Crippen LogP contribution < -0.4 is 0 Å². The Hall–Kier alpha value is -1.38. The van der Waals surface area contributed by atoms with Crippen LogP contribution in [0.15, 0.2) is 36.4 Å². The number of benzene rings is 2. The molecule has 0 aliphatic heterocycles. The molecule has 4 rings (SSSR count). The Balaban J connectivity index is 1.77. The van der Waals surface area contributed by atoms with Crippen molar-refractivity contribution in [1.82, 2.24) is 0 Å². The van der Waals surface area contributed by atoms with Crippen LogP contribution in [0.25, 0.3) is 29.6 Å². The van der Waals surface area contributed by atoms with E-state index in [4.69, 9.17) is 0 Å². The van der Waals surface area contributed by atoms with Gasteiger partial charge in [0, 0.05) is 20.2 Å². The van der Waals surface area contributed by atoms with Crippen molar-refractivity contribution in [2.45, 2.75) is 46.0 Å². The maximum atomic E-state index is 2.45. The predicted molar refractivity (Wildman–Crippen MR) is 107 cm³/mol. The standard InChI is InChI=1S/C21H22S2/c1-3-4-5-6-7-15-9-11-19-17(13-15)21-20(23-19)16-12-14(2)8-10-18(16)22-21/h8-13H,3-7H2,1-2H3. The molecule has 0 amide bonds. The highest BCUT2D eigenvalue weighted by Crippen LogP contribution is 2.44. The van der Waals surface area contributed by atoms with Gasteiger partial charge in [-0.25, -0.2) is 0 Å². The van der Waals surface area contributed by atoms with Gasteiger partial charge in [-0.3, -0.25) is 0 Å². The van der Waals surface area contributed by atoms with E-state index in [1.807, 2.05) is 22.7 Å². The van der Waals surface area contributed by atoms with E-state index in [0.29, 0.717) is 0 Å². The fourth-order valence-electron chi connectivity index (χ4n) is 3.33. The van der Waals surface area contributed by atoms with Crippen LogP contribution in [0, 0.1) is 6.92 Å². The molecule has 0 atom stereocenters. The lowest BCUT2D eigenvalue weighted by Crippen LogP contribution is -1.85. The molecule has 0 nitrogen and oxygen atoms in total. The van der Waals surface area contributed by atoms with Crippen molar-refractivity contribution in [1.29, 1.82) is 0 Å². The average molecular weight is 339 g/mol. The van der Waals surface area contributed by atoms with Crippen molar-refractivity contribution in [2.24, 2.45) is 0 Å². The summed E-state index contributed by atoms with van der Waals surface area (Å²) < 4.78 is 5.83. The number of hydrogen-bond acceptors (Lipinski definition) is 2. The van der Waals surface area contributed by atoms with Gasteiger partial charge in [-0.15, -0.1) is 22.7 Å². The quantitative estimate of drug-likeness (QED) is 0.327. The minimum Gasteiger partial charge on any atom is -0.134 e. The van der Waals surface area contributed by atoms with Crippen LogP contribution in [0.5, 0.6) is 0 Å². The smallest absolute Gasteiger partial charge is 0.0542 e. The lowest BCUT2D eigenvalue weighted by Gasteiger charge is -2.01. The van der Waals surface area contributed by atoms with Gasteiger partial charge in [-0.05, 0) is 49.6 Å². The molecule has 0 aliphatic carbocycles. The SMILES string of the molecule is CCCCCCc1ccc2sc3c4cc(C)ccc4sc3c2c1. The lowest BCUT2D eigenvalue weighted by atomic mass is 10.0. The summed E-state index contributed by atoms with van der Waals surface area (Å²) >= 11 is 3.92. The van der Waals surface area contributed by atoms with E-state index >= 15 is 0 Å². The molecular weight excluding hydrogens is 316 g/mol. The second kappa shape index (κ2) is 6.26. The summed E-state index contributed by atoms with van der Waals surface area (Å²) in [5.74, 6) is 0. The van der Waals surface area contributed by atoms with Gasteiger partial charge >= 0.3 is 0 Å². The van der Waals surface area contributed by atoms with Gasteiger partial charge in [0.05, 0.1) is 9.40 Å². The summed E-state index contributed by atoms with van der Waals surface area (Å²) in [4.78, 5) is 0. The Bertz CT molecular complexity index is 972. The maximum absolute atomic E-state index is 2.45. The third kappa shape index (κ3) is 2.79. The molecule has 0 unspecified atom stereocenters. The van der Waals surface area contributed by atoms with Gasteiger partial charge in [0.25, 0.3) is 0 Å². The normalized spacial score (nSPS) is 11.9. The van der Waals surface area contributed by atoms with E-state index < -0.39 is 0 Å². The molecular formula is C21H22S2. The second-order valence-electron chi connectivity index (χ2n) is 6.50. The summed E-state index contributed by atoms with van der Waals surface area (Å²) in [7, 11) is 0. The predicted octanol–water partition coefficient (Wildman–Crippen LogP) is 7.70. The molecule has 0 fully saturated rings. The van der Waals surface area contributed by atoms with Crippen molar-refractivity contribution >= 4 is 52.2 Å². The molecule has 2 heterocycles. The van der Waals surface area contributed by atoms with Crippen molar-refractivity contribution < 1.29 is 0 Å². The van der Waals surface area contributed by atoms with Crippen LogP contribution in [0.2, 0.25) is 0 Å². The molecule has 0 aliphatic rings. The minimum absolute atomic E-state index is 1.22. The molecule has 2 aromatic heterocycles. The molecule has 0 N–H and O–H groups in total. The molecule has 0 saturated carbocycles. The molecule has 4 aromatic rings. The molecule has 2 heteroatoms. The van der Waals surface area contributed by atoms with E-state index in [1.54, 1.807) is 0 Å². The molecule has 23 heavy (non-hydrogen) atoms. The number of fused-ring (bicyclic) bond motifs is 5. The third-order valence-corrected chi connectivity index (χ3v) is 7.15. The van der Waals surface area contributed by atoms with Crippen LogP contribution in [-0.2, 0) is 6.42 Å². The number of aryl methyl sites for hydroxylation is 2. The van der Waals surface area contributed by atoms with Gasteiger partial charge in [0.1, 0.15) is 0 Å². The lowest BCUT2D eigenvalue weighted by molar-refractivity contribution is 0.667. The van der Waals surface area contributed by atoms with E-state index in [2.05, 4.69) is 50.2 Å². The van der Waals surface area contributed by atoms with Gasteiger partial charge in [0.15, 0.2) is 0 Å². The molecule has 2 aromatic carbocycles. The topological polar surface area (TPSA) is 0 Å². The number of thiophene rings is 2. The minimum atomic E-state index is 1.22. The molecule has 118 valence electrons. The van der Waals surface area contributed by atoms with Crippen LogP contribution >= 0.6 is 22.7 Å². The Labute approximate surface area is 145 Å². The number of hydrogen-bond donors (Lipinski definition) is 0. The van der Waals surface area contributed by atoms with Crippen molar-refractivity contribution in [3.05, 3.63) is 47.5 Å². The molecule has 0 radical (unpaired) electrons. The van der Waals surface area contributed by atoms with Gasteiger partial charge in [-0.1, -0.05) is 43.9 Å². The van der Waals surface area contributed by atoms with E-state index in [1.165, 1.54) is 72.8 Å². The zero-order chi connectivity index (χ0) is 15.8. The fraction of sp³-hybridized carbons (Fsp3) is 0.333. The van der Waals surface area contributed by atoms with E-state index in [9.17, 15) is 0 Å². The second-order valence-corrected chi connectivity index (χ2v) is 8.61. The van der Waals surface area contributed by atoms with E-state index in [-0.39, 0.29) is 0 Å². The summed E-state index contributed by atoms with van der Waals surface area (Å²) in [5.41, 5.74) is 2.85. The van der Waals surface area contributed by atoms with Crippen LogP contribution in [-0.4, -0.2) is 0 Å². The Kier molecular flexibility index (Phi) is 4.13. The van der Waals surface area contributed by atoms with E-state index in [0.717, 1.165) is 0 Å². The number of unbranched alkanes of at least 4 members (excludes halogenated alkanes) is 3. The van der Waals surface area contributed by atoms with Crippen molar-refractivity contribution in [3.63, 3.8) is 0 Å². The maximum Gasteiger partial charge on any atom is 0.0542 e. The third-order valence-electron chi connectivity index (χ3n) is 4.62. The Morgan fingerprint density at radius 2 is 1.48 bits per heavy atom.